The number of aromatic nitrogens is 3. The Kier molecular flexibility index (Phi) is 3.14. The Hall–Kier alpha value is -0.900. The lowest BCUT2D eigenvalue weighted by molar-refractivity contribution is -0.0143. The summed E-state index contributed by atoms with van der Waals surface area (Å²) in [7, 11) is 0. The molecule has 0 saturated heterocycles. The molecule has 0 spiro atoms. The lowest BCUT2D eigenvalue weighted by atomic mass is 9.54. The van der Waals surface area contributed by atoms with E-state index in [9.17, 15) is 0 Å². The van der Waals surface area contributed by atoms with E-state index in [4.69, 9.17) is 0 Å². The Balaban J connectivity index is 1.40. The zero-order valence-electron chi connectivity index (χ0n) is 13.5. The van der Waals surface area contributed by atoms with Crippen LogP contribution < -0.4 is 5.32 Å². The molecular weight excluding hydrogens is 260 g/mol. The van der Waals surface area contributed by atoms with E-state index in [1.165, 1.54) is 32.1 Å². The molecule has 1 N–H and O–H groups in total. The minimum Gasteiger partial charge on any atom is -0.308 e. The summed E-state index contributed by atoms with van der Waals surface area (Å²) in [6.45, 7) is 7.37. The van der Waals surface area contributed by atoms with E-state index in [0.717, 1.165) is 42.0 Å². The van der Waals surface area contributed by atoms with Crippen molar-refractivity contribution in [2.24, 2.45) is 23.7 Å². The highest BCUT2D eigenvalue weighted by molar-refractivity contribution is 5.03. The molecule has 116 valence electrons. The van der Waals surface area contributed by atoms with Gasteiger partial charge in [0.25, 0.3) is 0 Å². The van der Waals surface area contributed by atoms with Crippen molar-refractivity contribution in [1.82, 2.24) is 20.3 Å². The first-order valence-corrected chi connectivity index (χ1v) is 8.64. The first-order chi connectivity index (χ1) is 9.99. The Morgan fingerprint density at radius 3 is 2.24 bits per heavy atom. The maximum absolute atomic E-state index is 4.34. The van der Waals surface area contributed by atoms with Gasteiger partial charge in [0.2, 0.25) is 0 Å². The maximum Gasteiger partial charge on any atom is 0.0965 e. The molecule has 0 radical (unpaired) electrons. The first kappa shape index (κ1) is 13.7. The molecule has 1 aromatic heterocycles. The van der Waals surface area contributed by atoms with Crippen molar-refractivity contribution < 1.29 is 0 Å². The molecule has 4 heteroatoms. The van der Waals surface area contributed by atoms with Gasteiger partial charge in [-0.25, -0.2) is 4.68 Å². The van der Waals surface area contributed by atoms with Crippen LogP contribution in [0.2, 0.25) is 0 Å². The summed E-state index contributed by atoms with van der Waals surface area (Å²) in [6, 6.07) is 0.734. The van der Waals surface area contributed by atoms with Crippen molar-refractivity contribution in [2.75, 3.05) is 0 Å². The second-order valence-electron chi connectivity index (χ2n) is 8.66. The van der Waals surface area contributed by atoms with Crippen molar-refractivity contribution in [1.29, 1.82) is 0 Å². The lowest BCUT2D eigenvalue weighted by Crippen LogP contribution is -2.54. The molecule has 5 rings (SSSR count). The zero-order chi connectivity index (χ0) is 14.6. The van der Waals surface area contributed by atoms with Gasteiger partial charge < -0.3 is 5.32 Å². The molecular formula is C17H28N4. The Morgan fingerprint density at radius 2 is 1.71 bits per heavy atom. The monoisotopic (exact) mass is 288 g/mol. The number of nitrogens with zero attached hydrogens (tertiary/aromatic N) is 3. The van der Waals surface area contributed by atoms with Crippen molar-refractivity contribution in [2.45, 2.75) is 71.0 Å². The molecule has 4 aliphatic carbocycles. The Labute approximate surface area is 127 Å². The molecule has 4 aliphatic rings. The molecule has 0 aromatic carbocycles. The van der Waals surface area contributed by atoms with Crippen molar-refractivity contribution in [3.63, 3.8) is 0 Å². The van der Waals surface area contributed by atoms with Crippen LogP contribution in [0.4, 0.5) is 0 Å². The number of nitrogens with one attached hydrogen (secondary N) is 1. The van der Waals surface area contributed by atoms with Crippen molar-refractivity contribution in [3.8, 4) is 0 Å². The smallest absolute Gasteiger partial charge is 0.0965 e. The van der Waals surface area contributed by atoms with Gasteiger partial charge in [0, 0.05) is 12.6 Å². The summed E-state index contributed by atoms with van der Waals surface area (Å²) in [6.07, 6.45) is 9.51. The van der Waals surface area contributed by atoms with Gasteiger partial charge >= 0.3 is 0 Å². The molecule has 1 aromatic rings. The van der Waals surface area contributed by atoms with E-state index in [0.29, 0.717) is 0 Å². The van der Waals surface area contributed by atoms with Gasteiger partial charge in [-0.1, -0.05) is 5.21 Å². The molecule has 0 atom stereocenters. The fourth-order valence-electron chi connectivity index (χ4n) is 5.19. The fraction of sp³-hybridized carbons (Fsp3) is 0.882. The molecule has 21 heavy (non-hydrogen) atoms. The van der Waals surface area contributed by atoms with Gasteiger partial charge in [-0.15, -0.1) is 5.10 Å². The summed E-state index contributed by atoms with van der Waals surface area (Å²) >= 11 is 0. The van der Waals surface area contributed by atoms with Crippen LogP contribution in [0, 0.1) is 23.7 Å². The quantitative estimate of drug-likeness (QED) is 0.930. The molecule has 0 aliphatic heterocycles. The van der Waals surface area contributed by atoms with E-state index in [-0.39, 0.29) is 5.54 Å². The first-order valence-electron chi connectivity index (χ1n) is 8.64. The summed E-state index contributed by atoms with van der Waals surface area (Å²) in [5.41, 5.74) is 1.10. The minimum atomic E-state index is 0.0217. The number of hydrogen-bond acceptors (Lipinski definition) is 3. The molecule has 1 heterocycles. The molecule has 0 unspecified atom stereocenters. The highest BCUT2D eigenvalue weighted by Crippen LogP contribution is 2.53. The third kappa shape index (κ3) is 2.52. The predicted octanol–water partition coefficient (Wildman–Crippen LogP) is 2.95. The van der Waals surface area contributed by atoms with Gasteiger partial charge in [-0.05, 0) is 76.5 Å². The summed E-state index contributed by atoms with van der Waals surface area (Å²) in [5, 5.41) is 12.4. The van der Waals surface area contributed by atoms with Crippen LogP contribution in [0.3, 0.4) is 0 Å². The second kappa shape index (κ2) is 4.80. The van der Waals surface area contributed by atoms with Crippen molar-refractivity contribution in [3.05, 3.63) is 11.9 Å². The van der Waals surface area contributed by atoms with E-state index >= 15 is 0 Å². The topological polar surface area (TPSA) is 42.7 Å². The largest absolute Gasteiger partial charge is 0.308 e. The normalized spacial score (nSPS) is 38.1. The van der Waals surface area contributed by atoms with Crippen LogP contribution in [0.15, 0.2) is 6.20 Å². The Bertz CT molecular complexity index is 485. The van der Waals surface area contributed by atoms with Gasteiger partial charge in [0.05, 0.1) is 17.4 Å². The lowest BCUT2D eigenvalue weighted by Gasteiger charge is -2.54. The summed E-state index contributed by atoms with van der Waals surface area (Å²) in [4.78, 5) is 0. The van der Waals surface area contributed by atoms with E-state index in [2.05, 4.69) is 42.6 Å². The van der Waals surface area contributed by atoms with Gasteiger partial charge in [0.1, 0.15) is 0 Å². The summed E-state index contributed by atoms with van der Waals surface area (Å²) in [5.74, 6) is 3.96. The van der Waals surface area contributed by atoms with Gasteiger partial charge in [0.15, 0.2) is 0 Å². The van der Waals surface area contributed by atoms with Gasteiger partial charge in [-0.2, -0.15) is 0 Å². The third-order valence-corrected chi connectivity index (χ3v) is 5.97. The SMILES string of the molecule is CC(C)(C)n1cc(CNC2C3CC4CC(C3)CC2C4)nn1. The standard InChI is InChI=1S/C17H28N4/c1-17(2,3)21-10-15(19-20-21)9-18-16-13-5-11-4-12(7-13)8-14(16)6-11/h10-14,16,18H,4-9H2,1-3H3. The van der Waals surface area contributed by atoms with Crippen LogP contribution >= 0.6 is 0 Å². The number of hydrogen-bond donors (Lipinski definition) is 1. The summed E-state index contributed by atoms with van der Waals surface area (Å²) < 4.78 is 1.97. The van der Waals surface area contributed by atoms with Crippen LogP contribution in [-0.2, 0) is 12.1 Å². The zero-order valence-corrected chi connectivity index (χ0v) is 13.5. The average molecular weight is 288 g/mol. The second-order valence-corrected chi connectivity index (χ2v) is 8.66. The van der Waals surface area contributed by atoms with Crippen LogP contribution in [-0.4, -0.2) is 21.0 Å². The molecule has 0 amide bonds. The third-order valence-electron chi connectivity index (χ3n) is 5.97. The van der Waals surface area contributed by atoms with E-state index in [1.54, 1.807) is 0 Å². The molecule has 4 nitrogen and oxygen atoms in total. The molecule has 4 fully saturated rings. The fourth-order valence-corrected chi connectivity index (χ4v) is 5.19. The highest BCUT2D eigenvalue weighted by Gasteiger charge is 2.47. The van der Waals surface area contributed by atoms with Crippen molar-refractivity contribution >= 4 is 0 Å². The molecule has 4 bridgehead atoms. The molecule has 4 saturated carbocycles. The van der Waals surface area contributed by atoms with Gasteiger partial charge in [-0.3, -0.25) is 0 Å². The maximum atomic E-state index is 4.34. The van der Waals surface area contributed by atoms with Crippen LogP contribution in [0.25, 0.3) is 0 Å². The van der Waals surface area contributed by atoms with E-state index < -0.39 is 0 Å². The Morgan fingerprint density at radius 1 is 1.10 bits per heavy atom. The average Bonchev–Trinajstić information content (AvgIpc) is 2.85. The van der Waals surface area contributed by atoms with Crippen LogP contribution in [0.1, 0.15) is 58.6 Å². The predicted molar refractivity (Wildman–Crippen MR) is 82.7 cm³/mol. The van der Waals surface area contributed by atoms with Crippen LogP contribution in [0.5, 0.6) is 0 Å². The highest BCUT2D eigenvalue weighted by atomic mass is 15.4. The number of rotatable bonds is 3. The minimum absolute atomic E-state index is 0.0217. The van der Waals surface area contributed by atoms with E-state index in [1.807, 2.05) is 4.68 Å².